The molecule has 19 nitrogen and oxygen atoms in total. The molecule has 0 aliphatic carbocycles. The molecule has 20 heteroatoms. The fraction of sp³-hybridized carbons (Fsp3) is 0.409. The van der Waals surface area contributed by atoms with Crippen LogP contribution in [-0.2, 0) is 30.6 Å². The van der Waals surface area contributed by atoms with E-state index in [1.807, 2.05) is 32.9 Å². The lowest BCUT2D eigenvalue weighted by Gasteiger charge is -2.36. The molecule has 0 spiro atoms. The van der Waals surface area contributed by atoms with Crippen molar-refractivity contribution in [1.29, 1.82) is 0 Å². The first kappa shape index (κ1) is 46.7. The number of nitrogens with one attached hydrogen (secondary N) is 2. The first-order valence-electron chi connectivity index (χ1n) is 21.1. The average molecular weight is 895 g/mol. The third-order valence-corrected chi connectivity index (χ3v) is 15.8. The van der Waals surface area contributed by atoms with Crippen molar-refractivity contribution in [3.63, 3.8) is 0 Å². The summed E-state index contributed by atoms with van der Waals surface area (Å²) in [5.74, 6) is -1.18. The molecule has 0 atom stereocenters. The summed E-state index contributed by atoms with van der Waals surface area (Å²) >= 11 is 0. The van der Waals surface area contributed by atoms with E-state index in [0.29, 0.717) is 82.5 Å². The molecule has 4 aromatic heterocycles. The van der Waals surface area contributed by atoms with Gasteiger partial charge in [0, 0.05) is 50.3 Å². The molecule has 0 saturated heterocycles. The Hall–Kier alpha value is -6.80. The van der Waals surface area contributed by atoms with Crippen LogP contribution in [0.5, 0.6) is 11.5 Å². The van der Waals surface area contributed by atoms with Crippen LogP contribution in [0.4, 0.5) is 11.9 Å². The number of fused-ring (bicyclic) bond motifs is 2. The summed E-state index contributed by atoms with van der Waals surface area (Å²) in [5.41, 5.74) is 15.6. The maximum Gasteiger partial charge on any atom is 0.276 e. The van der Waals surface area contributed by atoms with Crippen molar-refractivity contribution in [3.8, 4) is 11.5 Å². The van der Waals surface area contributed by atoms with E-state index in [2.05, 4.69) is 54.7 Å². The van der Waals surface area contributed by atoms with Crippen molar-refractivity contribution < 1.29 is 33.1 Å². The van der Waals surface area contributed by atoms with Crippen molar-refractivity contribution in [2.24, 2.45) is 11.5 Å². The van der Waals surface area contributed by atoms with Crippen LogP contribution in [-0.4, -0.2) is 90.9 Å². The zero-order valence-corrected chi connectivity index (χ0v) is 39.2. The minimum atomic E-state index is -1.99. The summed E-state index contributed by atoms with van der Waals surface area (Å²) in [7, 11) is -0.529. The highest BCUT2D eigenvalue weighted by molar-refractivity contribution is 6.74. The van der Waals surface area contributed by atoms with Gasteiger partial charge in [0.1, 0.15) is 33.9 Å². The molecule has 0 saturated carbocycles. The SMILES string of the molecule is CCn1nc(C)cc1C(=O)Nc1nc2cc(C(N)=O)cc(OC)c2n1CC=CCn1c(NC(=O)c2cc(C)nn2CC)nc2cc(C(N)=O)cc(OCCCO[Si](C)(C)C(C)(C)C)c21. The number of allylic oxidation sites excluding steroid dienone is 2. The van der Waals surface area contributed by atoms with Crippen LogP contribution in [0.1, 0.15) is 94.1 Å². The van der Waals surface area contributed by atoms with Crippen LogP contribution in [0.25, 0.3) is 22.1 Å². The molecule has 0 radical (unpaired) electrons. The van der Waals surface area contributed by atoms with Crippen molar-refractivity contribution >= 4 is 65.9 Å². The van der Waals surface area contributed by atoms with Gasteiger partial charge in [0.2, 0.25) is 23.7 Å². The first-order chi connectivity index (χ1) is 30.3. The van der Waals surface area contributed by atoms with Crippen LogP contribution in [0.3, 0.4) is 0 Å². The fourth-order valence-corrected chi connectivity index (χ4v) is 8.06. The van der Waals surface area contributed by atoms with E-state index in [-0.39, 0.29) is 47.8 Å². The maximum absolute atomic E-state index is 13.8. The van der Waals surface area contributed by atoms with Gasteiger partial charge in [0.15, 0.2) is 8.32 Å². The molecule has 0 fully saturated rings. The standard InChI is InChI=1S/C44H58N12O7Si/c1-11-55-32(20-26(3)51-55)40(59)49-42-47-30-22-28(38(45)57)24-34(61-8)36(30)53(42)16-13-14-17-54-37-31(48-43(54)50-41(60)33-21-27(4)52-56(33)12-2)23-29(39(46)58)25-35(37)62-18-15-19-63-64(9,10)44(5,6)7/h13-14,20-25H,11-12,15-19H2,1-10H3,(H2,45,57)(H2,46,58)(H,47,49,59)(H,48,50,60). The number of benzene rings is 2. The van der Waals surface area contributed by atoms with Gasteiger partial charge < -0.3 is 34.5 Å². The lowest BCUT2D eigenvalue weighted by Crippen LogP contribution is -2.41. The number of carbonyl (C=O) groups excluding carboxylic acids is 4. The summed E-state index contributed by atoms with van der Waals surface area (Å²) in [6.07, 6.45) is 4.28. The monoisotopic (exact) mass is 894 g/mol. The lowest BCUT2D eigenvalue weighted by atomic mass is 10.1. The third-order valence-electron chi connectivity index (χ3n) is 11.3. The summed E-state index contributed by atoms with van der Waals surface area (Å²) in [6.45, 7) is 20.3. The van der Waals surface area contributed by atoms with Gasteiger partial charge in [0.05, 0.1) is 36.1 Å². The Bertz CT molecular complexity index is 2770. The van der Waals surface area contributed by atoms with E-state index < -0.39 is 31.9 Å². The summed E-state index contributed by atoms with van der Waals surface area (Å²) < 4.78 is 25.2. The topological polar surface area (TPSA) is 243 Å². The van der Waals surface area contributed by atoms with Crippen LogP contribution in [0, 0.1) is 13.8 Å². The Balaban J connectivity index is 1.39. The van der Waals surface area contributed by atoms with Crippen molar-refractivity contribution in [3.05, 3.63) is 82.5 Å². The largest absolute Gasteiger partial charge is 0.494 e. The molecule has 4 amide bonds. The normalized spacial score (nSPS) is 12.1. The van der Waals surface area contributed by atoms with Crippen LogP contribution in [0.15, 0.2) is 48.6 Å². The highest BCUT2D eigenvalue weighted by Crippen LogP contribution is 2.37. The number of amides is 4. The lowest BCUT2D eigenvalue weighted by molar-refractivity contribution is 0.0991. The number of anilines is 2. The molecule has 4 heterocycles. The third kappa shape index (κ3) is 9.87. The Labute approximate surface area is 372 Å². The summed E-state index contributed by atoms with van der Waals surface area (Å²) in [5, 5.41) is 14.8. The number of rotatable bonds is 19. The van der Waals surface area contributed by atoms with E-state index in [0.717, 1.165) is 0 Å². The molecular formula is C44H58N12O7Si. The molecule has 64 heavy (non-hydrogen) atoms. The summed E-state index contributed by atoms with van der Waals surface area (Å²) in [6, 6.07) is 9.58. The van der Waals surface area contributed by atoms with Gasteiger partial charge >= 0.3 is 0 Å². The van der Waals surface area contributed by atoms with Crippen LogP contribution < -0.4 is 31.6 Å². The number of ether oxygens (including phenoxy) is 2. The molecule has 0 aliphatic rings. The second kappa shape index (κ2) is 18.9. The number of aryl methyl sites for hydroxylation is 4. The van der Waals surface area contributed by atoms with Crippen molar-refractivity contribution in [2.45, 2.75) is 99.2 Å². The zero-order chi connectivity index (χ0) is 46.7. The van der Waals surface area contributed by atoms with Crippen LogP contribution >= 0.6 is 0 Å². The smallest absolute Gasteiger partial charge is 0.276 e. The Kier molecular flexibility index (Phi) is 13.8. The van der Waals surface area contributed by atoms with E-state index in [4.69, 9.17) is 35.3 Å². The highest BCUT2D eigenvalue weighted by Gasteiger charge is 2.37. The number of hydrogen-bond donors (Lipinski definition) is 4. The number of nitrogens with two attached hydrogens (primary N) is 2. The van der Waals surface area contributed by atoms with Crippen molar-refractivity contribution in [1.82, 2.24) is 38.7 Å². The molecular weight excluding hydrogens is 837 g/mol. The minimum Gasteiger partial charge on any atom is -0.494 e. The second-order valence-electron chi connectivity index (χ2n) is 16.9. The van der Waals surface area contributed by atoms with Gasteiger partial charge in [-0.1, -0.05) is 32.9 Å². The quantitative estimate of drug-likeness (QED) is 0.0406. The first-order valence-corrected chi connectivity index (χ1v) is 24.0. The van der Waals surface area contributed by atoms with Crippen LogP contribution in [0.2, 0.25) is 18.1 Å². The molecule has 340 valence electrons. The van der Waals surface area contributed by atoms with E-state index >= 15 is 0 Å². The maximum atomic E-state index is 13.8. The van der Waals surface area contributed by atoms with Crippen molar-refractivity contribution in [2.75, 3.05) is 31.0 Å². The predicted octanol–water partition coefficient (Wildman–Crippen LogP) is 6.19. The molecule has 2 aromatic carbocycles. The van der Waals surface area contributed by atoms with Gasteiger partial charge in [-0.2, -0.15) is 10.2 Å². The summed E-state index contributed by atoms with van der Waals surface area (Å²) in [4.78, 5) is 61.9. The predicted molar refractivity (Wildman–Crippen MR) is 247 cm³/mol. The minimum absolute atomic E-state index is 0.0453. The number of nitrogens with zero attached hydrogens (tertiary/aromatic N) is 8. The fourth-order valence-electron chi connectivity index (χ4n) is 6.97. The van der Waals surface area contributed by atoms with Gasteiger partial charge in [-0.15, -0.1) is 0 Å². The van der Waals surface area contributed by atoms with Gasteiger partial charge in [-0.05, 0) is 82.2 Å². The number of imidazole rings is 2. The number of methoxy groups -OCH3 is 1. The molecule has 0 bridgehead atoms. The second-order valence-corrected chi connectivity index (χ2v) is 21.7. The van der Waals surface area contributed by atoms with Gasteiger partial charge in [-0.25, -0.2) is 9.97 Å². The molecule has 6 aromatic rings. The van der Waals surface area contributed by atoms with Gasteiger partial charge in [0.25, 0.3) is 11.8 Å². The van der Waals surface area contributed by atoms with Gasteiger partial charge in [-0.3, -0.25) is 39.2 Å². The Morgan fingerprint density at radius 2 is 1.17 bits per heavy atom. The molecule has 0 aliphatic heterocycles. The van der Waals surface area contributed by atoms with E-state index in [1.54, 1.807) is 49.7 Å². The Morgan fingerprint density at radius 1 is 0.719 bits per heavy atom. The molecule has 0 unspecified atom stereocenters. The van der Waals surface area contributed by atoms with E-state index in [9.17, 15) is 19.2 Å². The number of aromatic nitrogens is 8. The zero-order valence-electron chi connectivity index (χ0n) is 38.2. The highest BCUT2D eigenvalue weighted by atomic mass is 28.4. The molecule has 6 N–H and O–H groups in total. The average Bonchev–Trinajstić information content (AvgIpc) is 4.00. The Morgan fingerprint density at radius 3 is 1.59 bits per heavy atom. The number of carbonyl (C=O) groups is 4. The molecule has 6 rings (SSSR count). The number of hydrogen-bond acceptors (Lipinski definition) is 11. The number of primary amides is 2. The van der Waals surface area contributed by atoms with E-state index in [1.165, 1.54) is 19.2 Å².